The molecule has 7 heteroatoms. The highest BCUT2D eigenvalue weighted by molar-refractivity contribution is 7.91. The van der Waals surface area contributed by atoms with Gasteiger partial charge in [-0.25, -0.2) is 16.8 Å². The number of sulfone groups is 1. The molecule has 0 spiro atoms. The number of sulfonamides is 1. The highest BCUT2D eigenvalue weighted by Gasteiger charge is 2.38. The van der Waals surface area contributed by atoms with E-state index < -0.39 is 19.9 Å². The summed E-state index contributed by atoms with van der Waals surface area (Å²) >= 11 is 0. The largest absolute Gasteiger partial charge is 0.243 e. The number of benzene rings is 2. The van der Waals surface area contributed by atoms with E-state index >= 15 is 0 Å². The zero-order chi connectivity index (χ0) is 19.7. The fourth-order valence-electron chi connectivity index (χ4n) is 3.67. The van der Waals surface area contributed by atoms with Crippen molar-refractivity contribution < 1.29 is 16.8 Å². The van der Waals surface area contributed by atoms with Crippen LogP contribution in [0.15, 0.2) is 64.4 Å². The van der Waals surface area contributed by atoms with Crippen LogP contribution in [0.3, 0.4) is 0 Å². The lowest BCUT2D eigenvalue weighted by Gasteiger charge is -2.39. The van der Waals surface area contributed by atoms with Crippen molar-refractivity contribution in [1.29, 1.82) is 0 Å². The first-order valence-electron chi connectivity index (χ1n) is 9.18. The molecule has 2 aromatic rings. The van der Waals surface area contributed by atoms with Gasteiger partial charge in [0.2, 0.25) is 10.0 Å². The van der Waals surface area contributed by atoms with E-state index in [9.17, 15) is 16.8 Å². The van der Waals surface area contributed by atoms with Gasteiger partial charge in [0.25, 0.3) is 0 Å². The Morgan fingerprint density at radius 1 is 0.889 bits per heavy atom. The standard InChI is InChI=1S/C20H25NO4S2/c1-3-26(22,23)18-12-14-19(15-13-18)27(24,25)21-16(2)8-7-11-20(21)17-9-5-4-6-10-17/h4-6,9-10,12-16,20H,3,7-8,11H2,1-2H3/t16-,20-/m1/s1. The molecular formula is C20H25NO4S2. The summed E-state index contributed by atoms with van der Waals surface area (Å²) in [6.07, 6.45) is 2.56. The van der Waals surface area contributed by atoms with Gasteiger partial charge in [0.15, 0.2) is 9.84 Å². The van der Waals surface area contributed by atoms with Crippen molar-refractivity contribution >= 4 is 19.9 Å². The Hall–Kier alpha value is -1.70. The Kier molecular flexibility index (Phi) is 5.74. The maximum absolute atomic E-state index is 13.4. The molecule has 2 atom stereocenters. The Morgan fingerprint density at radius 3 is 2.07 bits per heavy atom. The average molecular weight is 408 g/mol. The molecule has 3 rings (SSSR count). The fourth-order valence-corrected chi connectivity index (χ4v) is 6.42. The van der Waals surface area contributed by atoms with Crippen LogP contribution >= 0.6 is 0 Å². The molecule has 0 saturated carbocycles. The molecule has 1 heterocycles. The first-order valence-corrected chi connectivity index (χ1v) is 12.3. The summed E-state index contributed by atoms with van der Waals surface area (Å²) in [6, 6.07) is 14.9. The molecule has 0 radical (unpaired) electrons. The predicted molar refractivity (Wildman–Crippen MR) is 106 cm³/mol. The van der Waals surface area contributed by atoms with E-state index in [1.54, 1.807) is 11.2 Å². The van der Waals surface area contributed by atoms with Crippen LogP contribution in [0.25, 0.3) is 0 Å². The summed E-state index contributed by atoms with van der Waals surface area (Å²) < 4.78 is 52.4. The van der Waals surface area contributed by atoms with Gasteiger partial charge in [0.1, 0.15) is 0 Å². The minimum atomic E-state index is -3.74. The molecule has 1 fully saturated rings. The van der Waals surface area contributed by atoms with Crippen LogP contribution in [0.5, 0.6) is 0 Å². The third kappa shape index (κ3) is 3.95. The van der Waals surface area contributed by atoms with Crippen LogP contribution < -0.4 is 0 Å². The summed E-state index contributed by atoms with van der Waals surface area (Å²) in [6.45, 7) is 3.50. The van der Waals surface area contributed by atoms with Gasteiger partial charge >= 0.3 is 0 Å². The molecule has 0 amide bonds. The molecule has 0 bridgehead atoms. The van der Waals surface area contributed by atoms with Gasteiger partial charge < -0.3 is 0 Å². The summed E-state index contributed by atoms with van der Waals surface area (Å²) in [5.74, 6) is -0.0155. The minimum absolute atomic E-state index is 0.0155. The van der Waals surface area contributed by atoms with Crippen LogP contribution in [0.4, 0.5) is 0 Å². The summed E-state index contributed by atoms with van der Waals surface area (Å²) in [4.78, 5) is 0.280. The Bertz CT molecular complexity index is 984. The maximum atomic E-state index is 13.4. The molecule has 1 saturated heterocycles. The lowest BCUT2D eigenvalue weighted by Crippen LogP contribution is -2.44. The number of nitrogens with zero attached hydrogens (tertiary/aromatic N) is 1. The van der Waals surface area contributed by atoms with E-state index in [1.165, 1.54) is 24.3 Å². The van der Waals surface area contributed by atoms with Gasteiger partial charge in [-0.15, -0.1) is 0 Å². The molecule has 1 aliphatic rings. The zero-order valence-corrected chi connectivity index (χ0v) is 17.2. The first kappa shape index (κ1) is 20.0. The molecule has 0 aromatic heterocycles. The molecule has 2 aromatic carbocycles. The normalized spacial score (nSPS) is 21.9. The van der Waals surface area contributed by atoms with Crippen LogP contribution in [-0.2, 0) is 19.9 Å². The molecule has 0 unspecified atom stereocenters. The van der Waals surface area contributed by atoms with Gasteiger partial charge in [0.05, 0.1) is 21.6 Å². The number of hydrogen-bond acceptors (Lipinski definition) is 4. The Labute approximate surface area is 162 Å². The topological polar surface area (TPSA) is 71.5 Å². The van der Waals surface area contributed by atoms with Gasteiger partial charge in [-0.1, -0.05) is 37.3 Å². The van der Waals surface area contributed by atoms with Crippen molar-refractivity contribution in [3.63, 3.8) is 0 Å². The summed E-state index contributed by atoms with van der Waals surface area (Å²) in [5, 5.41) is 0. The van der Waals surface area contributed by atoms with Crippen molar-refractivity contribution in [3.05, 3.63) is 60.2 Å². The van der Waals surface area contributed by atoms with Crippen molar-refractivity contribution in [1.82, 2.24) is 4.31 Å². The van der Waals surface area contributed by atoms with Gasteiger partial charge in [-0.3, -0.25) is 0 Å². The van der Waals surface area contributed by atoms with E-state index in [4.69, 9.17) is 0 Å². The van der Waals surface area contributed by atoms with Crippen molar-refractivity contribution in [2.45, 2.75) is 55.0 Å². The van der Waals surface area contributed by atoms with E-state index in [-0.39, 0.29) is 27.6 Å². The Balaban J connectivity index is 2.01. The monoisotopic (exact) mass is 407 g/mol. The number of piperidine rings is 1. The molecule has 1 aliphatic heterocycles. The fraction of sp³-hybridized carbons (Fsp3) is 0.400. The van der Waals surface area contributed by atoms with Crippen molar-refractivity contribution in [3.8, 4) is 0 Å². The van der Waals surface area contributed by atoms with Crippen LogP contribution in [0.1, 0.15) is 44.7 Å². The quantitative estimate of drug-likeness (QED) is 0.756. The van der Waals surface area contributed by atoms with Gasteiger partial charge in [0, 0.05) is 6.04 Å². The van der Waals surface area contributed by atoms with Crippen molar-refractivity contribution in [2.75, 3.05) is 5.75 Å². The van der Waals surface area contributed by atoms with Crippen molar-refractivity contribution in [2.24, 2.45) is 0 Å². The first-order chi connectivity index (χ1) is 12.8. The third-order valence-corrected chi connectivity index (χ3v) is 8.95. The molecule has 5 nitrogen and oxygen atoms in total. The Morgan fingerprint density at radius 2 is 1.48 bits per heavy atom. The van der Waals surface area contributed by atoms with Gasteiger partial charge in [-0.05, 0) is 56.0 Å². The molecule has 146 valence electrons. The molecule has 0 aliphatic carbocycles. The molecule has 0 N–H and O–H groups in total. The minimum Gasteiger partial charge on any atom is -0.224 e. The highest BCUT2D eigenvalue weighted by Crippen LogP contribution is 2.38. The summed E-state index contributed by atoms with van der Waals surface area (Å²) in [5.41, 5.74) is 0.984. The van der Waals surface area contributed by atoms with E-state index in [0.717, 1.165) is 24.8 Å². The van der Waals surface area contributed by atoms with Crippen LogP contribution in [0.2, 0.25) is 0 Å². The van der Waals surface area contributed by atoms with E-state index in [0.29, 0.717) is 0 Å². The number of hydrogen-bond donors (Lipinski definition) is 0. The third-order valence-electron chi connectivity index (χ3n) is 5.16. The van der Waals surface area contributed by atoms with E-state index in [2.05, 4.69) is 0 Å². The average Bonchev–Trinajstić information content (AvgIpc) is 2.68. The smallest absolute Gasteiger partial charge is 0.224 e. The second kappa shape index (κ2) is 7.73. The summed E-state index contributed by atoms with van der Waals surface area (Å²) in [7, 11) is -7.10. The second-order valence-corrected chi connectivity index (χ2v) is 11.0. The van der Waals surface area contributed by atoms with Crippen LogP contribution in [-0.4, -0.2) is 32.9 Å². The number of rotatable bonds is 5. The van der Waals surface area contributed by atoms with Crippen LogP contribution in [0, 0.1) is 0 Å². The molecular weight excluding hydrogens is 382 g/mol. The molecule has 27 heavy (non-hydrogen) atoms. The SMILES string of the molecule is CCS(=O)(=O)c1ccc(S(=O)(=O)N2[C@H](C)CCC[C@@H]2c2ccccc2)cc1. The highest BCUT2D eigenvalue weighted by atomic mass is 32.2. The predicted octanol–water partition coefficient (Wildman–Crippen LogP) is 3.78. The zero-order valence-electron chi connectivity index (χ0n) is 15.6. The van der Waals surface area contributed by atoms with Gasteiger partial charge in [-0.2, -0.15) is 4.31 Å². The lowest BCUT2D eigenvalue weighted by atomic mass is 9.94. The lowest BCUT2D eigenvalue weighted by molar-refractivity contribution is 0.193. The van der Waals surface area contributed by atoms with E-state index in [1.807, 2.05) is 37.3 Å². The second-order valence-electron chi connectivity index (χ2n) is 6.92. The maximum Gasteiger partial charge on any atom is 0.243 e.